The summed E-state index contributed by atoms with van der Waals surface area (Å²) in [6, 6.07) is 13.1. The largest absolute Gasteiger partial charge is 0.494 e. The van der Waals surface area contributed by atoms with Crippen LogP contribution < -0.4 is 15.8 Å². The van der Waals surface area contributed by atoms with Crippen LogP contribution in [0.4, 0.5) is 5.69 Å². The molecule has 178 valence electrons. The Balaban J connectivity index is 1.80. The number of hydrogen-bond acceptors (Lipinski definition) is 6. The van der Waals surface area contributed by atoms with E-state index in [9.17, 15) is 5.11 Å². The number of rotatable bonds is 9. The molecule has 2 aromatic carbocycles. The molecule has 0 spiro atoms. The highest BCUT2D eigenvalue weighted by Crippen LogP contribution is 2.27. The van der Waals surface area contributed by atoms with Gasteiger partial charge in [0.15, 0.2) is 0 Å². The molecule has 1 aromatic heterocycles. The first kappa shape index (κ1) is 25.1. The summed E-state index contributed by atoms with van der Waals surface area (Å²) in [5, 5.41) is 14.5. The van der Waals surface area contributed by atoms with Crippen molar-refractivity contribution >= 4 is 23.0 Å². The number of imidazole rings is 1. The third-order valence-corrected chi connectivity index (χ3v) is 5.24. The van der Waals surface area contributed by atoms with Crippen LogP contribution in [-0.2, 0) is 6.42 Å². The average Bonchev–Trinajstić information content (AvgIpc) is 3.20. The van der Waals surface area contributed by atoms with Gasteiger partial charge in [0, 0.05) is 35.1 Å². The maximum absolute atomic E-state index is 10.6. The topological polar surface area (TPSA) is 97.7 Å². The Kier molecular flexibility index (Phi) is 7.81. The van der Waals surface area contributed by atoms with E-state index in [0.29, 0.717) is 34.4 Å². The summed E-state index contributed by atoms with van der Waals surface area (Å²) in [5.41, 5.74) is 9.47. The van der Waals surface area contributed by atoms with Crippen molar-refractivity contribution in [2.24, 2.45) is 10.7 Å². The predicted molar refractivity (Wildman–Crippen MR) is 139 cm³/mol. The van der Waals surface area contributed by atoms with Crippen LogP contribution in [0.3, 0.4) is 0 Å². The number of nitrogens with two attached hydrogens (primary N) is 1. The van der Waals surface area contributed by atoms with E-state index >= 15 is 0 Å². The van der Waals surface area contributed by atoms with Gasteiger partial charge in [0.05, 0.1) is 30.5 Å². The molecule has 0 aliphatic rings. The number of ether oxygens (including phenoxy) is 1. The van der Waals surface area contributed by atoms with Gasteiger partial charge in [-0.3, -0.25) is 0 Å². The van der Waals surface area contributed by atoms with E-state index in [4.69, 9.17) is 22.1 Å². The Morgan fingerprint density at radius 2 is 2.00 bits per heavy atom. The molecule has 34 heavy (non-hydrogen) atoms. The van der Waals surface area contributed by atoms with Gasteiger partial charge in [-0.05, 0) is 56.7 Å². The minimum absolute atomic E-state index is 0.348. The normalized spacial score (nSPS) is 12.5. The fraction of sp³-hybridized carbons (Fsp3) is 0.231. The van der Waals surface area contributed by atoms with Gasteiger partial charge in [0.25, 0.3) is 0 Å². The number of aliphatic hydroxyl groups is 1. The molecule has 0 saturated heterocycles. The predicted octanol–water partition coefficient (Wildman–Crippen LogP) is 5.02. The van der Waals surface area contributed by atoms with Crippen molar-refractivity contribution in [2.45, 2.75) is 32.8 Å². The van der Waals surface area contributed by atoms with E-state index in [-0.39, 0.29) is 0 Å². The van der Waals surface area contributed by atoms with Crippen LogP contribution in [0.15, 0.2) is 84.2 Å². The molecule has 0 saturated carbocycles. The van der Waals surface area contributed by atoms with E-state index in [1.807, 2.05) is 60.2 Å². The number of nitrogens with zero attached hydrogens (tertiary/aromatic N) is 3. The maximum atomic E-state index is 10.6. The summed E-state index contributed by atoms with van der Waals surface area (Å²) in [6.45, 7) is 9.22. The van der Waals surface area contributed by atoms with E-state index in [1.54, 1.807) is 33.4 Å². The monoisotopic (exact) mass is 479 g/mol. The average molecular weight is 480 g/mol. The number of benzene rings is 2. The highest BCUT2D eigenvalue weighted by molar-refractivity contribution is 6.30. The first-order chi connectivity index (χ1) is 16.0. The minimum atomic E-state index is -1.23. The lowest BCUT2D eigenvalue weighted by Crippen LogP contribution is -2.31. The van der Waals surface area contributed by atoms with Gasteiger partial charge in [0.2, 0.25) is 0 Å². The lowest BCUT2D eigenvalue weighted by Gasteiger charge is -2.19. The molecule has 1 heterocycles. The second-order valence-electron chi connectivity index (χ2n) is 8.46. The summed E-state index contributed by atoms with van der Waals surface area (Å²) in [7, 11) is 1.61. The van der Waals surface area contributed by atoms with Gasteiger partial charge in [-0.15, -0.1) is 0 Å². The van der Waals surface area contributed by atoms with Crippen LogP contribution >= 0.6 is 11.6 Å². The SMILES string of the molecule is C=C(/N=C(\C=C(/N)Cc1ccc(Cl)cc1)C(C)(C)O)Nc1ccc(-n2cnc(C)c2)c(OC)c1. The van der Waals surface area contributed by atoms with Crippen LogP contribution in [0.1, 0.15) is 25.1 Å². The van der Waals surface area contributed by atoms with Crippen molar-refractivity contribution < 1.29 is 9.84 Å². The molecule has 0 aliphatic heterocycles. The molecule has 0 radical (unpaired) electrons. The molecule has 7 nitrogen and oxygen atoms in total. The summed E-state index contributed by atoms with van der Waals surface area (Å²) >= 11 is 5.95. The number of allylic oxidation sites excluding steroid dienone is 1. The number of anilines is 1. The zero-order valence-electron chi connectivity index (χ0n) is 19.8. The first-order valence-corrected chi connectivity index (χ1v) is 11.1. The van der Waals surface area contributed by atoms with Crippen molar-refractivity contribution in [3.05, 3.63) is 95.4 Å². The summed E-state index contributed by atoms with van der Waals surface area (Å²) in [5.74, 6) is 1.01. The van der Waals surface area contributed by atoms with Crippen molar-refractivity contribution in [1.82, 2.24) is 9.55 Å². The molecular formula is C26H30ClN5O2. The number of methoxy groups -OCH3 is 1. The summed E-state index contributed by atoms with van der Waals surface area (Å²) in [6.07, 6.45) is 5.83. The lowest BCUT2D eigenvalue weighted by molar-refractivity contribution is 0.155. The third kappa shape index (κ3) is 6.73. The Labute approximate surface area is 205 Å². The zero-order valence-corrected chi connectivity index (χ0v) is 20.6. The Hall–Kier alpha value is -3.55. The third-order valence-electron chi connectivity index (χ3n) is 4.98. The molecule has 0 fully saturated rings. The van der Waals surface area contributed by atoms with Crippen molar-refractivity contribution in [3.63, 3.8) is 0 Å². The number of halogens is 1. The molecule has 0 bridgehead atoms. The molecule has 4 N–H and O–H groups in total. The molecule has 0 atom stereocenters. The number of aryl methyl sites for hydroxylation is 1. The number of aromatic nitrogens is 2. The Morgan fingerprint density at radius 3 is 2.59 bits per heavy atom. The molecule has 3 rings (SSSR count). The zero-order chi connectivity index (χ0) is 24.9. The van der Waals surface area contributed by atoms with Gasteiger partial charge < -0.3 is 25.5 Å². The van der Waals surface area contributed by atoms with Gasteiger partial charge in [-0.1, -0.05) is 30.3 Å². The first-order valence-electron chi connectivity index (χ1n) is 10.7. The van der Waals surface area contributed by atoms with Crippen LogP contribution in [0.25, 0.3) is 5.69 Å². The Bertz CT molecular complexity index is 1220. The van der Waals surface area contributed by atoms with E-state index < -0.39 is 5.60 Å². The maximum Gasteiger partial charge on any atom is 0.144 e. The smallest absolute Gasteiger partial charge is 0.144 e. The molecule has 0 amide bonds. The van der Waals surface area contributed by atoms with Crippen LogP contribution in [0.2, 0.25) is 5.02 Å². The number of aliphatic imine (C=N–C) groups is 1. The van der Waals surface area contributed by atoms with Gasteiger partial charge in [0.1, 0.15) is 17.2 Å². The lowest BCUT2D eigenvalue weighted by atomic mass is 10.00. The van der Waals surface area contributed by atoms with Crippen LogP contribution in [-0.4, -0.2) is 33.1 Å². The fourth-order valence-corrected chi connectivity index (χ4v) is 3.40. The Morgan fingerprint density at radius 1 is 1.29 bits per heavy atom. The highest BCUT2D eigenvalue weighted by Gasteiger charge is 2.20. The minimum Gasteiger partial charge on any atom is -0.494 e. The molecule has 0 unspecified atom stereocenters. The highest BCUT2D eigenvalue weighted by atomic mass is 35.5. The number of nitrogens with one attached hydrogen (secondary N) is 1. The van der Waals surface area contributed by atoms with Crippen LogP contribution in [0, 0.1) is 6.92 Å². The van der Waals surface area contributed by atoms with E-state index in [1.165, 1.54) is 0 Å². The van der Waals surface area contributed by atoms with Crippen molar-refractivity contribution in [2.75, 3.05) is 12.4 Å². The summed E-state index contributed by atoms with van der Waals surface area (Å²) < 4.78 is 7.45. The molecule has 3 aromatic rings. The van der Waals surface area contributed by atoms with Gasteiger partial charge >= 0.3 is 0 Å². The van der Waals surface area contributed by atoms with Crippen molar-refractivity contribution in [3.8, 4) is 11.4 Å². The van der Waals surface area contributed by atoms with Gasteiger partial charge in [-0.25, -0.2) is 9.98 Å². The van der Waals surface area contributed by atoms with Crippen LogP contribution in [0.5, 0.6) is 5.75 Å². The molecule has 0 aliphatic carbocycles. The second kappa shape index (κ2) is 10.6. The fourth-order valence-electron chi connectivity index (χ4n) is 3.27. The number of hydrogen-bond donors (Lipinski definition) is 3. The standard InChI is InChI=1S/C26H30ClN5O2/c1-17-15-32(16-29-17)23-11-10-22(14-24(23)34-5)30-18(2)31-25(26(3,4)33)13-21(28)12-19-6-8-20(27)9-7-19/h6-11,13-16,30,33H,2,12,28H2,1,3-5H3/b21-13-,31-25+. The van der Waals surface area contributed by atoms with E-state index in [0.717, 1.165) is 22.6 Å². The summed E-state index contributed by atoms with van der Waals surface area (Å²) in [4.78, 5) is 8.77. The van der Waals surface area contributed by atoms with E-state index in [2.05, 4.69) is 21.9 Å². The molecular weight excluding hydrogens is 450 g/mol. The van der Waals surface area contributed by atoms with Crippen molar-refractivity contribution in [1.29, 1.82) is 0 Å². The van der Waals surface area contributed by atoms with Gasteiger partial charge in [-0.2, -0.15) is 0 Å². The second-order valence-corrected chi connectivity index (χ2v) is 8.90. The molecule has 8 heteroatoms. The quantitative estimate of drug-likeness (QED) is 0.374.